The van der Waals surface area contributed by atoms with Crippen molar-refractivity contribution in [3.05, 3.63) is 98.7 Å². The number of H-pyrrole nitrogens is 1. The van der Waals surface area contributed by atoms with Crippen LogP contribution in [0.3, 0.4) is 0 Å². The van der Waals surface area contributed by atoms with Crippen molar-refractivity contribution in [3.8, 4) is 11.1 Å². The first-order valence-electron chi connectivity index (χ1n) is 17.4. The van der Waals surface area contributed by atoms with Crippen LogP contribution in [0.5, 0.6) is 0 Å². The number of aryl methyl sites for hydroxylation is 2. The van der Waals surface area contributed by atoms with Crippen LogP contribution in [0.25, 0.3) is 11.1 Å². The number of ether oxygens (including phenoxy) is 1. The first kappa shape index (κ1) is 36.0. The molecule has 2 fully saturated rings. The highest BCUT2D eigenvalue weighted by Gasteiger charge is 2.29. The molecule has 0 aliphatic carbocycles. The van der Waals surface area contributed by atoms with E-state index in [1.54, 1.807) is 13.2 Å². The van der Waals surface area contributed by atoms with Crippen LogP contribution in [0.4, 0.5) is 10.1 Å². The molecule has 10 heteroatoms. The van der Waals surface area contributed by atoms with Crippen molar-refractivity contribution in [2.24, 2.45) is 5.92 Å². The number of rotatable bonds is 11. The summed E-state index contributed by atoms with van der Waals surface area (Å²) in [5.74, 6) is -0.427. The lowest BCUT2D eigenvalue weighted by atomic mass is 9.87. The van der Waals surface area contributed by atoms with Crippen molar-refractivity contribution in [1.82, 2.24) is 20.5 Å². The Labute approximate surface area is 288 Å². The molecule has 0 spiro atoms. The molecule has 3 N–H and O–H groups in total. The molecule has 49 heavy (non-hydrogen) atoms. The summed E-state index contributed by atoms with van der Waals surface area (Å²) in [4.78, 5) is 45.8. The zero-order valence-corrected chi connectivity index (χ0v) is 29.5. The molecule has 2 aromatic carbocycles. The van der Waals surface area contributed by atoms with Crippen molar-refractivity contribution in [2.75, 3.05) is 44.7 Å². The number of benzene rings is 2. The van der Waals surface area contributed by atoms with E-state index in [0.717, 1.165) is 60.4 Å². The summed E-state index contributed by atoms with van der Waals surface area (Å²) in [7, 11) is 1.70. The van der Waals surface area contributed by atoms with Gasteiger partial charge < -0.3 is 30.2 Å². The second-order valence-corrected chi connectivity index (χ2v) is 13.4. The van der Waals surface area contributed by atoms with Gasteiger partial charge in [0.1, 0.15) is 5.82 Å². The number of methoxy groups -OCH3 is 1. The van der Waals surface area contributed by atoms with Gasteiger partial charge in [0.05, 0.1) is 6.10 Å². The molecule has 262 valence electrons. The number of aromatic amines is 1. The number of carbonyl (C=O) groups excluding carboxylic acids is 2. The summed E-state index contributed by atoms with van der Waals surface area (Å²) in [6, 6.07) is 11.3. The van der Waals surface area contributed by atoms with Crippen LogP contribution in [-0.2, 0) is 22.5 Å². The van der Waals surface area contributed by atoms with Gasteiger partial charge in [0, 0.05) is 68.4 Å². The van der Waals surface area contributed by atoms with Gasteiger partial charge >= 0.3 is 0 Å². The van der Waals surface area contributed by atoms with Crippen molar-refractivity contribution in [2.45, 2.75) is 72.1 Å². The van der Waals surface area contributed by atoms with Crippen LogP contribution in [0.15, 0.2) is 53.8 Å². The lowest BCUT2D eigenvalue weighted by Crippen LogP contribution is -2.46. The molecular formula is C39H50FN5O4. The van der Waals surface area contributed by atoms with Gasteiger partial charge in [-0.1, -0.05) is 18.7 Å². The molecule has 5 rings (SSSR count). The van der Waals surface area contributed by atoms with Gasteiger partial charge in [0.15, 0.2) is 0 Å². The average Bonchev–Trinajstić information content (AvgIpc) is 3.09. The minimum atomic E-state index is -0.309. The van der Waals surface area contributed by atoms with Crippen LogP contribution in [-0.4, -0.2) is 73.7 Å². The van der Waals surface area contributed by atoms with Crippen molar-refractivity contribution < 1.29 is 18.7 Å². The Balaban J connectivity index is 1.49. The van der Waals surface area contributed by atoms with Gasteiger partial charge in [0.2, 0.25) is 5.91 Å². The minimum Gasteiger partial charge on any atom is -0.380 e. The van der Waals surface area contributed by atoms with E-state index in [0.29, 0.717) is 48.3 Å². The number of anilines is 1. The first-order chi connectivity index (χ1) is 23.5. The van der Waals surface area contributed by atoms with E-state index >= 15 is 4.39 Å². The number of nitrogens with zero attached hydrogens (tertiary/aromatic N) is 2. The Kier molecular flexibility index (Phi) is 11.7. The van der Waals surface area contributed by atoms with Crippen LogP contribution in [0.1, 0.15) is 64.5 Å². The monoisotopic (exact) mass is 671 g/mol. The number of halogens is 1. The van der Waals surface area contributed by atoms with E-state index in [4.69, 9.17) is 4.74 Å². The van der Waals surface area contributed by atoms with E-state index in [2.05, 4.69) is 34.0 Å². The Hall–Kier alpha value is -4.28. The van der Waals surface area contributed by atoms with E-state index in [1.165, 1.54) is 6.08 Å². The third-order valence-electron chi connectivity index (χ3n) is 10.3. The van der Waals surface area contributed by atoms with E-state index < -0.39 is 0 Å². The average molecular weight is 672 g/mol. The second kappa shape index (κ2) is 16.0. The third kappa shape index (κ3) is 8.13. The Morgan fingerprint density at radius 2 is 1.86 bits per heavy atom. The molecule has 2 aliphatic rings. The highest BCUT2D eigenvalue weighted by atomic mass is 19.1. The van der Waals surface area contributed by atoms with Gasteiger partial charge in [0.25, 0.3) is 11.5 Å². The molecule has 2 unspecified atom stereocenters. The second-order valence-electron chi connectivity index (χ2n) is 13.4. The van der Waals surface area contributed by atoms with Crippen LogP contribution in [0.2, 0.25) is 0 Å². The Morgan fingerprint density at radius 1 is 1.10 bits per heavy atom. The summed E-state index contributed by atoms with van der Waals surface area (Å²) in [5.41, 5.74) is 6.08. The maximum absolute atomic E-state index is 15.8. The van der Waals surface area contributed by atoms with Crippen molar-refractivity contribution >= 4 is 17.5 Å². The van der Waals surface area contributed by atoms with Gasteiger partial charge in [-0.05, 0) is 124 Å². The van der Waals surface area contributed by atoms with Gasteiger partial charge in [-0.3, -0.25) is 14.4 Å². The zero-order chi connectivity index (χ0) is 35.2. The summed E-state index contributed by atoms with van der Waals surface area (Å²) in [5, 5.41) is 6.33. The summed E-state index contributed by atoms with van der Waals surface area (Å²) < 4.78 is 21.5. The predicted octanol–water partition coefficient (Wildman–Crippen LogP) is 5.21. The fourth-order valence-electron chi connectivity index (χ4n) is 7.49. The lowest BCUT2D eigenvalue weighted by Gasteiger charge is -2.40. The molecule has 2 aliphatic heterocycles. The molecule has 1 aromatic heterocycles. The molecule has 3 heterocycles. The van der Waals surface area contributed by atoms with E-state index in [9.17, 15) is 14.4 Å². The number of piperidine rings is 2. The quantitative estimate of drug-likeness (QED) is 0.242. The summed E-state index contributed by atoms with van der Waals surface area (Å²) >= 11 is 0. The third-order valence-corrected chi connectivity index (χ3v) is 10.3. The standard InChI is InChI=1S/C39H50FN5O4/c1-7-37(46)44-15-12-31(13-16-44)45(8-2)35-21-30(27-9-10-28(34(40)20-27)18-29-11-14-41-23-36(29)49-6)19-32(26(35)5)38(47)42-22-33-24(3)17-25(4)43-39(33)48/h7,9-10,17,19-21,29,31,36,41H,1,8,11-16,18,22-23H2,2-6H3,(H,42,47)(H,43,48). The predicted molar refractivity (Wildman–Crippen MR) is 193 cm³/mol. The SMILES string of the molecule is C=CC(=O)N1CCC(N(CC)c2cc(-c3ccc(CC4CCNCC4OC)c(F)c3)cc(C(=O)NCc3c(C)cc(C)[nH]c3=O)c2C)CC1. The van der Waals surface area contributed by atoms with E-state index in [1.807, 2.05) is 56.0 Å². The van der Waals surface area contributed by atoms with Crippen LogP contribution >= 0.6 is 0 Å². The maximum atomic E-state index is 15.8. The molecule has 2 saturated heterocycles. The number of nitrogens with one attached hydrogen (secondary N) is 3. The highest BCUT2D eigenvalue weighted by molar-refractivity contribution is 5.99. The summed E-state index contributed by atoms with van der Waals surface area (Å²) in [6.45, 7) is 15.0. The number of aromatic nitrogens is 1. The fraction of sp³-hybridized carbons (Fsp3) is 0.462. The first-order valence-corrected chi connectivity index (χ1v) is 17.4. The smallest absolute Gasteiger partial charge is 0.253 e. The maximum Gasteiger partial charge on any atom is 0.253 e. The molecule has 0 saturated carbocycles. The highest BCUT2D eigenvalue weighted by Crippen LogP contribution is 2.35. The number of pyridine rings is 1. The molecule has 0 bridgehead atoms. The normalized spacial score (nSPS) is 18.3. The van der Waals surface area contributed by atoms with Gasteiger partial charge in [-0.15, -0.1) is 0 Å². The molecular weight excluding hydrogens is 621 g/mol. The number of hydrogen-bond acceptors (Lipinski definition) is 6. The molecule has 2 atom stereocenters. The molecule has 0 radical (unpaired) electrons. The largest absolute Gasteiger partial charge is 0.380 e. The molecule has 2 amide bonds. The van der Waals surface area contributed by atoms with Crippen LogP contribution < -0.4 is 21.1 Å². The lowest BCUT2D eigenvalue weighted by molar-refractivity contribution is -0.127. The van der Waals surface area contributed by atoms with Gasteiger partial charge in [-0.2, -0.15) is 0 Å². The Morgan fingerprint density at radius 3 is 2.51 bits per heavy atom. The molecule has 3 aromatic rings. The van der Waals surface area contributed by atoms with Crippen LogP contribution in [0, 0.1) is 32.5 Å². The number of likely N-dealkylation sites (tertiary alicyclic amines) is 1. The van der Waals surface area contributed by atoms with Crippen molar-refractivity contribution in [1.29, 1.82) is 0 Å². The van der Waals surface area contributed by atoms with Gasteiger partial charge in [-0.25, -0.2) is 4.39 Å². The topological polar surface area (TPSA) is 107 Å². The van der Waals surface area contributed by atoms with E-state index in [-0.39, 0.29) is 47.8 Å². The zero-order valence-electron chi connectivity index (χ0n) is 29.5. The number of hydrogen-bond donors (Lipinski definition) is 3. The number of carbonyl (C=O) groups is 2. The number of amides is 2. The summed E-state index contributed by atoms with van der Waals surface area (Å²) in [6.07, 6.45) is 4.45. The van der Waals surface area contributed by atoms with Crippen molar-refractivity contribution in [3.63, 3.8) is 0 Å². The Bertz CT molecular complexity index is 1750. The fourth-order valence-corrected chi connectivity index (χ4v) is 7.49. The minimum absolute atomic E-state index is 0.0367. The molecule has 9 nitrogen and oxygen atoms in total.